The molecule has 2 rings (SSSR count). The maximum absolute atomic E-state index is 4.21. The minimum atomic E-state index is 0.605. The Morgan fingerprint density at radius 2 is 1.32 bits per heavy atom. The van der Waals surface area contributed by atoms with Crippen molar-refractivity contribution in [2.45, 2.75) is 34.2 Å². The Bertz CT molecular complexity index is 843. The molecule has 0 saturated carbocycles. The second-order valence-electron chi connectivity index (χ2n) is 6.52. The highest BCUT2D eigenvalue weighted by atomic mass is 15.0. The molecule has 0 fully saturated rings. The number of allylic oxidation sites excluding steroid dienone is 1. The molecule has 0 aliphatic heterocycles. The largest absolute Gasteiger partial charge is 0.380 e. The highest BCUT2D eigenvalue weighted by Gasteiger charge is 2.07. The number of benzene rings is 2. The van der Waals surface area contributed by atoms with Crippen LogP contribution in [-0.4, -0.2) is 6.54 Å². The summed E-state index contributed by atoms with van der Waals surface area (Å²) >= 11 is 0. The molecule has 148 valence electrons. The van der Waals surface area contributed by atoms with Crippen molar-refractivity contribution in [3.63, 3.8) is 0 Å². The molecule has 0 aliphatic rings. The first kappa shape index (κ1) is 23.0. The van der Waals surface area contributed by atoms with Crippen LogP contribution in [0.15, 0.2) is 86.2 Å². The standard InChI is InChI=1S/C24H28N2.C2H6/c1-17(2)23-13-9-10-14-24(23)19(4)15-25-20(5)21(6)26-16-22-12-8-7-11-18(22)3;1-2/h7-14,25-26H,1,4-6,15-16H2,2-3H3;1-2H3. The lowest BCUT2D eigenvalue weighted by atomic mass is 9.96. The fraction of sp³-hybridized carbons (Fsp3) is 0.231. The Morgan fingerprint density at radius 3 is 1.93 bits per heavy atom. The molecule has 0 unspecified atom stereocenters. The van der Waals surface area contributed by atoms with Gasteiger partial charge in [-0.3, -0.25) is 0 Å². The fourth-order valence-electron chi connectivity index (χ4n) is 2.70. The van der Waals surface area contributed by atoms with Gasteiger partial charge in [0.2, 0.25) is 0 Å². The number of hydrogen-bond donors (Lipinski definition) is 2. The Balaban J connectivity index is 0.00000190. The SMILES string of the molecule is C=C(NCC(=C)c1ccccc1C(=C)C)C(=C)NCc1ccccc1C.CC. The molecule has 28 heavy (non-hydrogen) atoms. The molecule has 0 radical (unpaired) electrons. The fourth-order valence-corrected chi connectivity index (χ4v) is 2.70. The molecule has 0 aliphatic carbocycles. The van der Waals surface area contributed by atoms with E-state index in [-0.39, 0.29) is 0 Å². The quantitative estimate of drug-likeness (QED) is 0.491. The first-order chi connectivity index (χ1) is 13.4. The first-order valence-corrected chi connectivity index (χ1v) is 9.73. The molecule has 0 heterocycles. The van der Waals surface area contributed by atoms with Crippen LogP contribution in [0.25, 0.3) is 11.1 Å². The van der Waals surface area contributed by atoms with Crippen molar-refractivity contribution in [3.8, 4) is 0 Å². The minimum absolute atomic E-state index is 0.605. The summed E-state index contributed by atoms with van der Waals surface area (Å²) in [5.41, 5.74) is 8.33. The highest BCUT2D eigenvalue weighted by molar-refractivity contribution is 5.78. The van der Waals surface area contributed by atoms with Crippen LogP contribution in [0, 0.1) is 6.92 Å². The Hall–Kier alpha value is -3.00. The minimum Gasteiger partial charge on any atom is -0.380 e. The van der Waals surface area contributed by atoms with Gasteiger partial charge in [0.05, 0.1) is 0 Å². The molecular weight excluding hydrogens is 340 g/mol. The average Bonchev–Trinajstić information content (AvgIpc) is 2.72. The third-order valence-electron chi connectivity index (χ3n) is 4.40. The van der Waals surface area contributed by atoms with Gasteiger partial charge in [0.25, 0.3) is 0 Å². The van der Waals surface area contributed by atoms with Crippen molar-refractivity contribution >= 4 is 11.1 Å². The number of nitrogens with one attached hydrogen (secondary N) is 2. The molecule has 0 saturated heterocycles. The summed E-state index contributed by atoms with van der Waals surface area (Å²) in [6.07, 6.45) is 0. The third kappa shape index (κ3) is 6.62. The van der Waals surface area contributed by atoms with Crippen LogP contribution < -0.4 is 10.6 Å². The lowest BCUT2D eigenvalue weighted by Crippen LogP contribution is -2.23. The van der Waals surface area contributed by atoms with Crippen LogP contribution in [-0.2, 0) is 6.54 Å². The van der Waals surface area contributed by atoms with Gasteiger partial charge in [0.1, 0.15) is 0 Å². The van der Waals surface area contributed by atoms with Crippen molar-refractivity contribution in [1.29, 1.82) is 0 Å². The van der Waals surface area contributed by atoms with Gasteiger partial charge in [-0.05, 0) is 41.7 Å². The van der Waals surface area contributed by atoms with Crippen molar-refractivity contribution in [2.24, 2.45) is 0 Å². The predicted octanol–water partition coefficient (Wildman–Crippen LogP) is 6.47. The van der Waals surface area contributed by atoms with Crippen molar-refractivity contribution in [3.05, 3.63) is 108 Å². The summed E-state index contributed by atoms with van der Waals surface area (Å²) < 4.78 is 0. The number of rotatable bonds is 9. The smallest absolute Gasteiger partial charge is 0.0499 e. The summed E-state index contributed by atoms with van der Waals surface area (Å²) in [6.45, 7) is 25.9. The topological polar surface area (TPSA) is 24.1 Å². The van der Waals surface area contributed by atoms with Gasteiger partial charge in [0.15, 0.2) is 0 Å². The van der Waals surface area contributed by atoms with E-state index in [2.05, 4.69) is 68.1 Å². The van der Waals surface area contributed by atoms with Gasteiger partial charge >= 0.3 is 0 Å². The van der Waals surface area contributed by atoms with Crippen LogP contribution in [0.2, 0.25) is 0 Å². The van der Waals surface area contributed by atoms with Gasteiger partial charge in [-0.25, -0.2) is 0 Å². The molecule has 2 N–H and O–H groups in total. The Kier molecular flexibility index (Phi) is 9.59. The zero-order valence-corrected chi connectivity index (χ0v) is 17.9. The predicted molar refractivity (Wildman–Crippen MR) is 126 cm³/mol. The van der Waals surface area contributed by atoms with E-state index >= 15 is 0 Å². The van der Waals surface area contributed by atoms with E-state index in [4.69, 9.17) is 0 Å². The van der Waals surface area contributed by atoms with Crippen molar-refractivity contribution < 1.29 is 0 Å². The lowest BCUT2D eigenvalue weighted by Gasteiger charge is -2.17. The zero-order valence-electron chi connectivity index (χ0n) is 17.9. The highest BCUT2D eigenvalue weighted by Crippen LogP contribution is 2.23. The van der Waals surface area contributed by atoms with Gasteiger partial charge < -0.3 is 10.6 Å². The molecule has 2 heteroatoms. The third-order valence-corrected chi connectivity index (χ3v) is 4.40. The first-order valence-electron chi connectivity index (χ1n) is 9.73. The maximum Gasteiger partial charge on any atom is 0.0499 e. The summed E-state index contributed by atoms with van der Waals surface area (Å²) in [5.74, 6) is 0. The summed E-state index contributed by atoms with van der Waals surface area (Å²) in [6, 6.07) is 16.5. The second-order valence-corrected chi connectivity index (χ2v) is 6.52. The summed E-state index contributed by atoms with van der Waals surface area (Å²) in [7, 11) is 0. The van der Waals surface area contributed by atoms with Gasteiger partial charge in [-0.2, -0.15) is 0 Å². The van der Waals surface area contributed by atoms with Crippen LogP contribution in [0.1, 0.15) is 43.0 Å². The Morgan fingerprint density at radius 1 is 0.786 bits per heavy atom. The van der Waals surface area contributed by atoms with Crippen molar-refractivity contribution in [2.75, 3.05) is 6.54 Å². The summed E-state index contributed by atoms with van der Waals surface area (Å²) in [5, 5.41) is 6.64. The van der Waals surface area contributed by atoms with E-state index in [9.17, 15) is 0 Å². The molecular formula is C26H34N2. The van der Waals surface area contributed by atoms with E-state index in [0.717, 1.165) is 40.2 Å². The molecule has 0 aromatic heterocycles. The second kappa shape index (κ2) is 11.7. The Labute approximate surface area is 171 Å². The monoisotopic (exact) mass is 374 g/mol. The molecule has 2 aromatic rings. The molecule has 0 spiro atoms. The van der Waals surface area contributed by atoms with E-state index in [1.54, 1.807) is 0 Å². The van der Waals surface area contributed by atoms with E-state index < -0.39 is 0 Å². The van der Waals surface area contributed by atoms with Crippen LogP contribution in [0.3, 0.4) is 0 Å². The van der Waals surface area contributed by atoms with Crippen LogP contribution in [0.4, 0.5) is 0 Å². The zero-order chi connectivity index (χ0) is 21.1. The number of hydrogen-bond acceptors (Lipinski definition) is 2. The molecule has 2 nitrogen and oxygen atoms in total. The molecule has 2 aromatic carbocycles. The summed E-state index contributed by atoms with van der Waals surface area (Å²) in [4.78, 5) is 0. The van der Waals surface area contributed by atoms with Gasteiger partial charge in [-0.15, -0.1) is 0 Å². The lowest BCUT2D eigenvalue weighted by molar-refractivity contribution is 0.783. The van der Waals surface area contributed by atoms with E-state index in [1.807, 2.05) is 45.0 Å². The molecule has 0 atom stereocenters. The maximum atomic E-state index is 4.21. The molecule has 0 amide bonds. The van der Waals surface area contributed by atoms with Gasteiger partial charge in [-0.1, -0.05) is 94.3 Å². The van der Waals surface area contributed by atoms with E-state index in [0.29, 0.717) is 6.54 Å². The molecule has 0 bridgehead atoms. The van der Waals surface area contributed by atoms with Crippen LogP contribution in [0.5, 0.6) is 0 Å². The van der Waals surface area contributed by atoms with E-state index in [1.165, 1.54) is 11.1 Å². The van der Waals surface area contributed by atoms with Crippen molar-refractivity contribution in [1.82, 2.24) is 10.6 Å². The van der Waals surface area contributed by atoms with Crippen LogP contribution >= 0.6 is 0 Å². The average molecular weight is 375 g/mol. The van der Waals surface area contributed by atoms with Gasteiger partial charge in [0, 0.05) is 24.5 Å². The normalized spacial score (nSPS) is 9.57. The number of aryl methyl sites for hydroxylation is 1.